The molecular weight excluding hydrogens is 226 g/mol. The van der Waals surface area contributed by atoms with Crippen molar-refractivity contribution >= 4 is 17.0 Å². The zero-order valence-electron chi connectivity index (χ0n) is 10.5. The number of nitrogens with two attached hydrogens (primary N) is 1. The molecule has 0 aliphatic carbocycles. The molecule has 0 unspecified atom stereocenters. The number of hydrogen-bond donors (Lipinski definition) is 1. The Morgan fingerprint density at radius 1 is 1.28 bits per heavy atom. The van der Waals surface area contributed by atoms with Crippen LogP contribution in [0, 0.1) is 6.92 Å². The first-order chi connectivity index (χ1) is 8.66. The fourth-order valence-electron chi connectivity index (χ4n) is 2.13. The van der Waals surface area contributed by atoms with Gasteiger partial charge in [-0.3, -0.25) is 4.68 Å². The Bertz CT molecular complexity index is 707. The van der Waals surface area contributed by atoms with Crippen molar-refractivity contribution in [3.63, 3.8) is 0 Å². The number of nitrogens with zero attached hydrogens (tertiary/aromatic N) is 4. The number of rotatable bonds is 2. The molecule has 2 heterocycles. The summed E-state index contributed by atoms with van der Waals surface area (Å²) in [6.45, 7) is 2.75. The minimum Gasteiger partial charge on any atom is -0.369 e. The molecular formula is C13H15N5. The lowest BCUT2D eigenvalue weighted by Crippen LogP contribution is -2.05. The third-order valence-electron chi connectivity index (χ3n) is 3.35. The van der Waals surface area contributed by atoms with E-state index < -0.39 is 0 Å². The number of imidazole rings is 1. The van der Waals surface area contributed by atoms with Gasteiger partial charge in [-0.05, 0) is 19.1 Å². The molecule has 0 saturated heterocycles. The van der Waals surface area contributed by atoms with Crippen LogP contribution >= 0.6 is 0 Å². The fourth-order valence-corrected chi connectivity index (χ4v) is 2.13. The number of aromatic nitrogens is 4. The molecule has 0 bridgehead atoms. The maximum Gasteiger partial charge on any atom is 0.201 e. The van der Waals surface area contributed by atoms with E-state index >= 15 is 0 Å². The first kappa shape index (κ1) is 10.8. The molecule has 0 spiro atoms. The van der Waals surface area contributed by atoms with Crippen molar-refractivity contribution in [1.29, 1.82) is 0 Å². The van der Waals surface area contributed by atoms with Gasteiger partial charge in [0.25, 0.3) is 0 Å². The van der Waals surface area contributed by atoms with Crippen LogP contribution in [0.5, 0.6) is 0 Å². The zero-order chi connectivity index (χ0) is 12.7. The normalized spacial score (nSPS) is 11.2. The van der Waals surface area contributed by atoms with Crippen LogP contribution in [0.25, 0.3) is 11.0 Å². The minimum atomic E-state index is 0.541. The van der Waals surface area contributed by atoms with Gasteiger partial charge in [-0.15, -0.1) is 0 Å². The quantitative estimate of drug-likeness (QED) is 0.743. The number of fused-ring (bicyclic) bond motifs is 1. The van der Waals surface area contributed by atoms with E-state index in [0.29, 0.717) is 12.5 Å². The summed E-state index contributed by atoms with van der Waals surface area (Å²) in [5.74, 6) is 0.541. The second-order valence-corrected chi connectivity index (χ2v) is 4.42. The first-order valence-corrected chi connectivity index (χ1v) is 5.85. The van der Waals surface area contributed by atoms with Gasteiger partial charge in [0.05, 0.1) is 23.8 Å². The molecule has 0 aliphatic rings. The largest absolute Gasteiger partial charge is 0.369 e. The summed E-state index contributed by atoms with van der Waals surface area (Å²) in [7, 11) is 1.94. The summed E-state index contributed by atoms with van der Waals surface area (Å²) in [5, 5.41) is 4.25. The summed E-state index contributed by atoms with van der Waals surface area (Å²) in [5.41, 5.74) is 10.3. The van der Waals surface area contributed by atoms with Crippen LogP contribution < -0.4 is 5.73 Å². The highest BCUT2D eigenvalue weighted by molar-refractivity contribution is 5.78. The molecule has 92 valence electrons. The number of para-hydroxylation sites is 2. The van der Waals surface area contributed by atoms with Crippen LogP contribution in [-0.4, -0.2) is 19.3 Å². The maximum atomic E-state index is 5.98. The molecule has 3 aromatic rings. The van der Waals surface area contributed by atoms with Crippen LogP contribution in [0.1, 0.15) is 11.3 Å². The molecule has 0 radical (unpaired) electrons. The van der Waals surface area contributed by atoms with Crippen molar-refractivity contribution in [3.8, 4) is 0 Å². The van der Waals surface area contributed by atoms with Crippen LogP contribution in [0.4, 0.5) is 5.95 Å². The molecule has 1 aromatic carbocycles. The molecule has 0 atom stereocenters. The van der Waals surface area contributed by atoms with E-state index in [-0.39, 0.29) is 0 Å². The maximum absolute atomic E-state index is 5.98. The van der Waals surface area contributed by atoms with Crippen LogP contribution in [0.15, 0.2) is 30.5 Å². The highest BCUT2D eigenvalue weighted by Crippen LogP contribution is 2.19. The Labute approximate surface area is 105 Å². The van der Waals surface area contributed by atoms with E-state index in [2.05, 4.69) is 17.0 Å². The summed E-state index contributed by atoms with van der Waals surface area (Å²) in [4.78, 5) is 4.36. The first-order valence-electron chi connectivity index (χ1n) is 5.85. The standard InChI is InChI=1S/C13H15N5/c1-9-10(7-15-17(9)2)8-18-12-6-4-3-5-11(12)16-13(18)14/h3-7H,8H2,1-2H3,(H2,14,16). The Balaban J connectivity index is 2.10. The van der Waals surface area contributed by atoms with Gasteiger partial charge in [0.2, 0.25) is 5.95 Å². The smallest absolute Gasteiger partial charge is 0.201 e. The molecule has 2 aromatic heterocycles. The van der Waals surface area contributed by atoms with Crippen molar-refractivity contribution in [2.45, 2.75) is 13.5 Å². The average Bonchev–Trinajstić information content (AvgIpc) is 2.85. The lowest BCUT2D eigenvalue weighted by atomic mass is 10.2. The van der Waals surface area contributed by atoms with Gasteiger partial charge >= 0.3 is 0 Å². The Kier molecular flexibility index (Phi) is 2.33. The molecule has 3 rings (SSSR count). The monoisotopic (exact) mass is 241 g/mol. The van der Waals surface area contributed by atoms with Gasteiger partial charge in [-0.25, -0.2) is 4.98 Å². The summed E-state index contributed by atoms with van der Waals surface area (Å²) in [6, 6.07) is 7.97. The topological polar surface area (TPSA) is 61.7 Å². The van der Waals surface area contributed by atoms with Gasteiger partial charge in [0, 0.05) is 18.3 Å². The summed E-state index contributed by atoms with van der Waals surface area (Å²) >= 11 is 0. The molecule has 5 nitrogen and oxygen atoms in total. The SMILES string of the molecule is Cc1c(Cn2c(N)nc3ccccc32)cnn1C. The summed E-state index contributed by atoms with van der Waals surface area (Å²) < 4.78 is 3.88. The van der Waals surface area contributed by atoms with Crippen LogP contribution in [-0.2, 0) is 13.6 Å². The van der Waals surface area contributed by atoms with Gasteiger partial charge in [0.1, 0.15) is 0 Å². The number of aryl methyl sites for hydroxylation is 1. The van der Waals surface area contributed by atoms with Crippen molar-refractivity contribution in [2.24, 2.45) is 7.05 Å². The molecule has 2 N–H and O–H groups in total. The van der Waals surface area contributed by atoms with Gasteiger partial charge < -0.3 is 10.3 Å². The van der Waals surface area contributed by atoms with Crippen LogP contribution in [0.2, 0.25) is 0 Å². The van der Waals surface area contributed by atoms with Gasteiger partial charge in [0.15, 0.2) is 0 Å². The predicted molar refractivity (Wildman–Crippen MR) is 71.2 cm³/mol. The van der Waals surface area contributed by atoms with Crippen molar-refractivity contribution < 1.29 is 0 Å². The Hall–Kier alpha value is -2.30. The van der Waals surface area contributed by atoms with E-state index in [0.717, 1.165) is 22.3 Å². The van der Waals surface area contributed by atoms with E-state index in [4.69, 9.17) is 5.73 Å². The van der Waals surface area contributed by atoms with Crippen molar-refractivity contribution in [2.75, 3.05) is 5.73 Å². The molecule has 5 heteroatoms. The highest BCUT2D eigenvalue weighted by atomic mass is 15.3. The lowest BCUT2D eigenvalue weighted by Gasteiger charge is -2.06. The molecule has 0 fully saturated rings. The van der Waals surface area contributed by atoms with E-state index in [1.807, 2.05) is 46.8 Å². The molecule has 0 saturated carbocycles. The third kappa shape index (κ3) is 1.55. The van der Waals surface area contributed by atoms with Gasteiger partial charge in [-0.2, -0.15) is 5.10 Å². The second-order valence-electron chi connectivity index (χ2n) is 4.42. The van der Waals surface area contributed by atoms with Crippen molar-refractivity contribution in [1.82, 2.24) is 19.3 Å². The molecule has 18 heavy (non-hydrogen) atoms. The molecule has 0 amide bonds. The number of benzene rings is 1. The second kappa shape index (κ2) is 3.87. The predicted octanol–water partition coefficient (Wildman–Crippen LogP) is 1.71. The highest BCUT2D eigenvalue weighted by Gasteiger charge is 2.10. The van der Waals surface area contributed by atoms with E-state index in [1.165, 1.54) is 0 Å². The minimum absolute atomic E-state index is 0.541. The fraction of sp³-hybridized carbons (Fsp3) is 0.231. The molecule has 0 aliphatic heterocycles. The number of anilines is 1. The Morgan fingerprint density at radius 2 is 2.06 bits per heavy atom. The van der Waals surface area contributed by atoms with Crippen LogP contribution in [0.3, 0.4) is 0 Å². The average molecular weight is 241 g/mol. The Morgan fingerprint density at radius 3 is 2.78 bits per heavy atom. The number of hydrogen-bond acceptors (Lipinski definition) is 3. The lowest BCUT2D eigenvalue weighted by molar-refractivity contribution is 0.734. The van der Waals surface area contributed by atoms with Crippen molar-refractivity contribution in [3.05, 3.63) is 41.7 Å². The zero-order valence-corrected chi connectivity index (χ0v) is 10.5. The van der Waals surface area contributed by atoms with Gasteiger partial charge in [-0.1, -0.05) is 12.1 Å². The summed E-state index contributed by atoms with van der Waals surface area (Å²) in [6.07, 6.45) is 1.88. The van der Waals surface area contributed by atoms with E-state index in [1.54, 1.807) is 0 Å². The third-order valence-corrected chi connectivity index (χ3v) is 3.35. The number of nitrogen functional groups attached to an aromatic ring is 1. The van der Waals surface area contributed by atoms with E-state index in [9.17, 15) is 0 Å².